The van der Waals surface area contributed by atoms with Crippen LogP contribution in [0.15, 0.2) is 41.4 Å². The number of nitrogens with zero attached hydrogens (tertiary/aromatic N) is 2. The number of aliphatic imine (C=N–C) groups is 1. The number of carbonyl (C=O) groups excluding carboxylic acids is 1. The number of aliphatic hydroxyl groups excluding tert-OH is 1. The molecule has 0 radical (unpaired) electrons. The van der Waals surface area contributed by atoms with Crippen LogP contribution in [0.2, 0.25) is 4.34 Å². The maximum Gasteiger partial charge on any atom is 0.222 e. The Morgan fingerprint density at radius 1 is 1.28 bits per heavy atom. The van der Waals surface area contributed by atoms with Crippen LogP contribution in [0.3, 0.4) is 0 Å². The van der Waals surface area contributed by atoms with Gasteiger partial charge in [0, 0.05) is 37.5 Å². The van der Waals surface area contributed by atoms with Gasteiger partial charge in [-0.05, 0) is 36.6 Å². The number of guanidine groups is 1. The number of amides is 1. The first-order valence-electron chi connectivity index (χ1n) is 9.87. The molecule has 0 saturated carbocycles. The van der Waals surface area contributed by atoms with Crippen molar-refractivity contribution in [1.29, 1.82) is 0 Å². The lowest BCUT2D eigenvalue weighted by atomic mass is 10.1. The quantitative estimate of drug-likeness (QED) is 0.440. The van der Waals surface area contributed by atoms with Crippen LogP contribution in [0.25, 0.3) is 0 Å². The van der Waals surface area contributed by atoms with E-state index < -0.39 is 6.10 Å². The van der Waals surface area contributed by atoms with Crippen molar-refractivity contribution in [1.82, 2.24) is 15.5 Å². The molecule has 1 aromatic heterocycles. The molecule has 2 aromatic rings. The fraction of sp³-hybridized carbons (Fsp3) is 0.429. The summed E-state index contributed by atoms with van der Waals surface area (Å²) in [5, 5.41) is 16.7. The zero-order valence-electron chi connectivity index (χ0n) is 16.5. The van der Waals surface area contributed by atoms with Crippen molar-refractivity contribution in [3.05, 3.63) is 56.7 Å². The van der Waals surface area contributed by atoms with Crippen molar-refractivity contribution in [3.8, 4) is 0 Å². The molecular formula is C21H27ClN4O2S. The van der Waals surface area contributed by atoms with E-state index in [9.17, 15) is 9.90 Å². The van der Waals surface area contributed by atoms with Crippen LogP contribution < -0.4 is 10.6 Å². The Kier molecular flexibility index (Phi) is 7.91. The van der Waals surface area contributed by atoms with Crippen molar-refractivity contribution in [2.75, 3.05) is 19.6 Å². The van der Waals surface area contributed by atoms with Gasteiger partial charge in [-0.25, -0.2) is 4.99 Å². The van der Waals surface area contributed by atoms with Gasteiger partial charge in [0.1, 0.15) is 6.10 Å². The Hall–Kier alpha value is -2.09. The highest BCUT2D eigenvalue weighted by atomic mass is 35.5. The fourth-order valence-electron chi connectivity index (χ4n) is 3.25. The summed E-state index contributed by atoms with van der Waals surface area (Å²) in [5.74, 6) is 0.863. The van der Waals surface area contributed by atoms with Crippen LogP contribution in [-0.4, -0.2) is 41.5 Å². The summed E-state index contributed by atoms with van der Waals surface area (Å²) in [6, 6.07) is 11.7. The standard InChI is InChI=1S/C21H27ClN4O2S/c1-2-23-21(25-13-17(27)18-9-10-19(22)29-18)24-12-15-6-3-4-7-16(15)14-26-11-5-8-20(26)28/h3-4,6-7,9-10,17,27H,2,5,8,11-14H2,1H3,(H2,23,24,25). The third kappa shape index (κ3) is 6.19. The molecule has 1 saturated heterocycles. The zero-order valence-corrected chi connectivity index (χ0v) is 18.1. The average Bonchev–Trinajstić information content (AvgIpc) is 3.33. The first-order chi connectivity index (χ1) is 14.1. The van der Waals surface area contributed by atoms with Crippen LogP contribution >= 0.6 is 22.9 Å². The van der Waals surface area contributed by atoms with Gasteiger partial charge in [-0.2, -0.15) is 0 Å². The highest BCUT2D eigenvalue weighted by molar-refractivity contribution is 7.16. The number of halogens is 1. The van der Waals surface area contributed by atoms with E-state index in [1.807, 2.05) is 36.1 Å². The highest BCUT2D eigenvalue weighted by Crippen LogP contribution is 2.26. The number of likely N-dealkylation sites (tertiary alicyclic amines) is 1. The maximum atomic E-state index is 12.0. The number of nitrogens with one attached hydrogen (secondary N) is 2. The van der Waals surface area contributed by atoms with Crippen molar-refractivity contribution in [2.45, 2.75) is 39.0 Å². The lowest BCUT2D eigenvalue weighted by Gasteiger charge is -2.18. The first kappa shape index (κ1) is 21.6. The SMILES string of the molecule is CCNC(=NCc1ccccc1CN1CCCC1=O)NCC(O)c1ccc(Cl)s1. The molecule has 1 unspecified atom stereocenters. The average molecular weight is 435 g/mol. The molecule has 8 heteroatoms. The molecule has 3 N–H and O–H groups in total. The van der Waals surface area contributed by atoms with Gasteiger partial charge in [0.2, 0.25) is 5.91 Å². The van der Waals surface area contributed by atoms with Crippen LogP contribution in [0, 0.1) is 0 Å². The molecule has 0 aliphatic carbocycles. The number of hydrogen-bond donors (Lipinski definition) is 3. The summed E-state index contributed by atoms with van der Waals surface area (Å²) in [6.45, 7) is 5.01. The van der Waals surface area contributed by atoms with Gasteiger partial charge >= 0.3 is 0 Å². The van der Waals surface area contributed by atoms with Crippen LogP contribution in [0.1, 0.15) is 41.9 Å². The van der Waals surface area contributed by atoms with Crippen LogP contribution in [0.4, 0.5) is 0 Å². The summed E-state index contributed by atoms with van der Waals surface area (Å²) in [5.41, 5.74) is 2.21. The summed E-state index contributed by atoms with van der Waals surface area (Å²) in [7, 11) is 0. The van der Waals surface area contributed by atoms with Crippen molar-refractivity contribution in [3.63, 3.8) is 0 Å². The largest absolute Gasteiger partial charge is 0.386 e. The monoisotopic (exact) mass is 434 g/mol. The predicted molar refractivity (Wildman–Crippen MR) is 118 cm³/mol. The van der Waals surface area contributed by atoms with E-state index >= 15 is 0 Å². The Morgan fingerprint density at radius 2 is 2.07 bits per heavy atom. The second kappa shape index (κ2) is 10.6. The third-order valence-corrected chi connectivity index (χ3v) is 6.12. The fourth-order valence-corrected chi connectivity index (χ4v) is 4.30. The first-order valence-corrected chi connectivity index (χ1v) is 11.1. The van der Waals surface area contributed by atoms with Crippen molar-refractivity contribution >= 4 is 34.8 Å². The lowest BCUT2D eigenvalue weighted by molar-refractivity contribution is -0.128. The van der Waals surface area contributed by atoms with Crippen molar-refractivity contribution in [2.24, 2.45) is 4.99 Å². The van der Waals surface area contributed by atoms with E-state index in [0.29, 0.717) is 36.4 Å². The highest BCUT2D eigenvalue weighted by Gasteiger charge is 2.20. The summed E-state index contributed by atoms with van der Waals surface area (Å²) < 4.78 is 0.660. The van der Waals surface area contributed by atoms with Gasteiger partial charge in [-0.3, -0.25) is 4.79 Å². The van der Waals surface area contributed by atoms with Crippen molar-refractivity contribution < 1.29 is 9.90 Å². The number of aliphatic hydroxyl groups is 1. The molecule has 156 valence electrons. The topological polar surface area (TPSA) is 77.0 Å². The molecule has 6 nitrogen and oxygen atoms in total. The molecule has 1 fully saturated rings. The van der Waals surface area contributed by atoms with E-state index in [4.69, 9.17) is 11.6 Å². The van der Waals surface area contributed by atoms with Crippen LogP contribution in [-0.2, 0) is 17.9 Å². The van der Waals surface area contributed by atoms with E-state index in [0.717, 1.165) is 35.5 Å². The van der Waals surface area contributed by atoms with E-state index in [-0.39, 0.29) is 5.91 Å². The zero-order chi connectivity index (χ0) is 20.6. The molecule has 3 rings (SSSR count). The Labute approximate surface area is 180 Å². The van der Waals surface area contributed by atoms with Crippen LogP contribution in [0.5, 0.6) is 0 Å². The molecule has 1 atom stereocenters. The number of benzene rings is 1. The van der Waals surface area contributed by atoms with E-state index in [2.05, 4.69) is 21.7 Å². The van der Waals surface area contributed by atoms with E-state index in [1.54, 1.807) is 6.07 Å². The Bertz CT molecular complexity index is 855. The normalized spacial score (nSPS) is 15.6. The van der Waals surface area contributed by atoms with Gasteiger partial charge < -0.3 is 20.6 Å². The smallest absolute Gasteiger partial charge is 0.222 e. The Balaban J connectivity index is 1.63. The minimum Gasteiger partial charge on any atom is -0.386 e. The molecule has 1 aliphatic heterocycles. The molecular weight excluding hydrogens is 408 g/mol. The second-order valence-electron chi connectivity index (χ2n) is 6.92. The second-order valence-corrected chi connectivity index (χ2v) is 8.67. The van der Waals surface area contributed by atoms with Gasteiger partial charge in [0.25, 0.3) is 0 Å². The predicted octanol–water partition coefficient (Wildman–Crippen LogP) is 3.31. The summed E-state index contributed by atoms with van der Waals surface area (Å²) >= 11 is 7.32. The molecule has 0 spiro atoms. The van der Waals surface area contributed by atoms with E-state index in [1.165, 1.54) is 11.3 Å². The molecule has 1 amide bonds. The molecule has 1 aliphatic rings. The molecule has 1 aromatic carbocycles. The number of rotatable bonds is 8. The maximum absolute atomic E-state index is 12.0. The molecule has 0 bridgehead atoms. The Morgan fingerprint density at radius 3 is 2.72 bits per heavy atom. The molecule has 2 heterocycles. The lowest BCUT2D eigenvalue weighted by Crippen LogP contribution is -2.39. The summed E-state index contributed by atoms with van der Waals surface area (Å²) in [6.07, 6.45) is 0.933. The minimum atomic E-state index is -0.648. The molecule has 29 heavy (non-hydrogen) atoms. The number of hydrogen-bond acceptors (Lipinski definition) is 4. The summed E-state index contributed by atoms with van der Waals surface area (Å²) in [4.78, 5) is 19.4. The third-order valence-electron chi connectivity index (χ3n) is 4.79. The van der Waals surface area contributed by atoms with Gasteiger partial charge in [-0.1, -0.05) is 35.9 Å². The number of carbonyl (C=O) groups is 1. The van der Waals surface area contributed by atoms with Gasteiger partial charge in [0.05, 0.1) is 10.9 Å². The minimum absolute atomic E-state index is 0.223. The number of thiophene rings is 1. The van der Waals surface area contributed by atoms with Gasteiger partial charge in [0.15, 0.2) is 5.96 Å². The van der Waals surface area contributed by atoms with Gasteiger partial charge in [-0.15, -0.1) is 11.3 Å².